The van der Waals surface area contributed by atoms with Crippen LogP contribution in [-0.2, 0) is 4.74 Å². The monoisotopic (exact) mass is 272 g/mol. The highest BCUT2D eigenvalue weighted by atomic mass is 16.5. The van der Waals surface area contributed by atoms with Gasteiger partial charge in [0, 0.05) is 12.4 Å². The van der Waals surface area contributed by atoms with Crippen molar-refractivity contribution in [2.45, 2.75) is 6.92 Å². The second-order valence-electron chi connectivity index (χ2n) is 3.84. The number of amides is 1. The van der Waals surface area contributed by atoms with Gasteiger partial charge in [-0.15, -0.1) is 0 Å². The van der Waals surface area contributed by atoms with E-state index in [1.807, 2.05) is 6.07 Å². The van der Waals surface area contributed by atoms with Crippen LogP contribution in [0.4, 0.5) is 0 Å². The summed E-state index contributed by atoms with van der Waals surface area (Å²) in [6, 6.07) is 5.05. The number of aromatic nitrogens is 2. The molecule has 0 unspecified atom stereocenters. The molecule has 0 aliphatic carbocycles. The maximum atomic E-state index is 11.9. The van der Waals surface area contributed by atoms with E-state index >= 15 is 0 Å². The van der Waals surface area contributed by atoms with E-state index in [4.69, 9.17) is 10.00 Å². The number of hydrogen-bond acceptors (Lipinski definition) is 5. The Labute approximate surface area is 114 Å². The first-order valence-electron chi connectivity index (χ1n) is 5.97. The van der Waals surface area contributed by atoms with Gasteiger partial charge in [-0.25, -0.2) is 9.78 Å². The Morgan fingerprint density at radius 1 is 1.55 bits per heavy atom. The number of rotatable bonds is 4. The van der Waals surface area contributed by atoms with Crippen LogP contribution < -0.4 is 5.32 Å². The molecule has 2 rings (SSSR count). The van der Waals surface area contributed by atoms with Gasteiger partial charge >= 0.3 is 5.97 Å². The number of carbonyl (C=O) groups is 2. The van der Waals surface area contributed by atoms with Crippen molar-refractivity contribution in [1.29, 1.82) is 5.26 Å². The van der Waals surface area contributed by atoms with Crippen molar-refractivity contribution in [1.82, 2.24) is 14.7 Å². The summed E-state index contributed by atoms with van der Waals surface area (Å²) in [5.74, 6) is -0.960. The largest absolute Gasteiger partial charge is 0.461 e. The second kappa shape index (κ2) is 5.84. The number of ether oxygens (including phenoxy) is 1. The fourth-order valence-corrected chi connectivity index (χ4v) is 1.71. The van der Waals surface area contributed by atoms with E-state index in [1.54, 1.807) is 29.7 Å². The summed E-state index contributed by atoms with van der Waals surface area (Å²) >= 11 is 0. The molecule has 0 spiro atoms. The smallest absolute Gasteiger partial charge is 0.358 e. The molecule has 0 saturated carbocycles. The number of esters is 1. The number of fused-ring (bicyclic) bond motifs is 1. The quantitative estimate of drug-likeness (QED) is 0.654. The molecule has 0 fully saturated rings. The lowest BCUT2D eigenvalue weighted by molar-refractivity contribution is 0.0520. The molecule has 1 amide bonds. The van der Waals surface area contributed by atoms with Gasteiger partial charge in [0.05, 0.1) is 18.2 Å². The van der Waals surface area contributed by atoms with Crippen molar-refractivity contribution in [3.05, 3.63) is 35.8 Å². The van der Waals surface area contributed by atoms with E-state index < -0.39 is 11.9 Å². The average Bonchev–Trinajstić information content (AvgIpc) is 2.88. The first-order chi connectivity index (χ1) is 9.67. The number of nitriles is 1. The summed E-state index contributed by atoms with van der Waals surface area (Å²) in [6.45, 7) is 1.86. The van der Waals surface area contributed by atoms with Crippen LogP contribution in [0.3, 0.4) is 0 Å². The van der Waals surface area contributed by atoms with Crippen molar-refractivity contribution in [3.8, 4) is 6.07 Å². The van der Waals surface area contributed by atoms with E-state index in [2.05, 4.69) is 10.3 Å². The molecule has 1 N–H and O–H groups in total. The van der Waals surface area contributed by atoms with Gasteiger partial charge in [0.25, 0.3) is 5.91 Å². The molecule has 0 aliphatic heterocycles. The van der Waals surface area contributed by atoms with Crippen LogP contribution in [0.2, 0.25) is 0 Å². The molecule has 7 nitrogen and oxygen atoms in total. The molecule has 0 bridgehead atoms. The van der Waals surface area contributed by atoms with Crippen molar-refractivity contribution in [2.24, 2.45) is 0 Å². The van der Waals surface area contributed by atoms with Crippen molar-refractivity contribution < 1.29 is 14.3 Å². The van der Waals surface area contributed by atoms with Gasteiger partial charge in [-0.1, -0.05) is 0 Å². The van der Waals surface area contributed by atoms with Gasteiger partial charge in [0.1, 0.15) is 6.54 Å². The fourth-order valence-electron chi connectivity index (χ4n) is 1.71. The number of hydrogen-bond donors (Lipinski definition) is 1. The van der Waals surface area contributed by atoms with E-state index in [1.165, 1.54) is 6.20 Å². The molecule has 0 radical (unpaired) electrons. The predicted molar refractivity (Wildman–Crippen MR) is 69.1 cm³/mol. The SMILES string of the molecule is CCOC(=O)c1cn2cccc(C(=O)NCC#N)c2n1. The maximum Gasteiger partial charge on any atom is 0.358 e. The Bertz CT molecular complexity index is 699. The molecule has 102 valence electrons. The van der Waals surface area contributed by atoms with Gasteiger partial charge < -0.3 is 14.5 Å². The Kier molecular flexibility index (Phi) is 3.96. The van der Waals surface area contributed by atoms with E-state index in [-0.39, 0.29) is 18.8 Å². The van der Waals surface area contributed by atoms with Crippen LogP contribution in [0.15, 0.2) is 24.5 Å². The highest BCUT2D eigenvalue weighted by Gasteiger charge is 2.16. The minimum atomic E-state index is -0.542. The van der Waals surface area contributed by atoms with Crippen LogP contribution in [0, 0.1) is 11.3 Å². The highest BCUT2D eigenvalue weighted by molar-refractivity contribution is 6.00. The molecule has 2 aromatic heterocycles. The van der Waals surface area contributed by atoms with Crippen LogP contribution in [0.1, 0.15) is 27.8 Å². The third-order valence-corrected chi connectivity index (χ3v) is 2.54. The lowest BCUT2D eigenvalue weighted by Crippen LogP contribution is -2.24. The second-order valence-corrected chi connectivity index (χ2v) is 3.84. The standard InChI is InChI=1S/C13H12N4O3/c1-2-20-13(19)10-8-17-7-3-4-9(11(17)16-10)12(18)15-6-5-14/h3-4,7-8H,2,6H2,1H3,(H,15,18). The average molecular weight is 272 g/mol. The Balaban J connectivity index is 2.40. The maximum absolute atomic E-state index is 11.9. The molecule has 0 aromatic carbocycles. The predicted octanol–water partition coefficient (Wildman–Crippen LogP) is 0.764. The first-order valence-corrected chi connectivity index (χ1v) is 5.97. The lowest BCUT2D eigenvalue weighted by Gasteiger charge is -2.02. The molecular weight excluding hydrogens is 260 g/mol. The summed E-state index contributed by atoms with van der Waals surface area (Å²) in [7, 11) is 0. The fraction of sp³-hybridized carbons (Fsp3) is 0.231. The summed E-state index contributed by atoms with van der Waals surface area (Å²) in [4.78, 5) is 27.6. The Morgan fingerprint density at radius 3 is 3.05 bits per heavy atom. The minimum absolute atomic E-state index is 0.0919. The molecule has 0 aliphatic rings. The summed E-state index contributed by atoms with van der Waals surface area (Å²) < 4.78 is 6.43. The topological polar surface area (TPSA) is 96.5 Å². The van der Waals surface area contributed by atoms with Crippen molar-refractivity contribution in [3.63, 3.8) is 0 Å². The number of carbonyl (C=O) groups excluding carboxylic acids is 2. The van der Waals surface area contributed by atoms with Crippen LogP contribution >= 0.6 is 0 Å². The van der Waals surface area contributed by atoms with Gasteiger partial charge in [0.15, 0.2) is 11.3 Å². The van der Waals surface area contributed by atoms with Gasteiger partial charge in [-0.05, 0) is 19.1 Å². The van der Waals surface area contributed by atoms with Crippen molar-refractivity contribution >= 4 is 17.5 Å². The third kappa shape index (κ3) is 2.59. The van der Waals surface area contributed by atoms with Gasteiger partial charge in [-0.2, -0.15) is 5.26 Å². The minimum Gasteiger partial charge on any atom is -0.461 e. The zero-order valence-electron chi connectivity index (χ0n) is 10.8. The Hall–Kier alpha value is -2.88. The molecule has 20 heavy (non-hydrogen) atoms. The van der Waals surface area contributed by atoms with Gasteiger partial charge in [-0.3, -0.25) is 4.79 Å². The Morgan fingerprint density at radius 2 is 2.35 bits per heavy atom. The number of imidazole rings is 1. The zero-order chi connectivity index (χ0) is 14.5. The molecule has 2 heterocycles. The number of pyridine rings is 1. The van der Waals surface area contributed by atoms with E-state index in [0.29, 0.717) is 11.2 Å². The molecule has 2 aromatic rings. The molecule has 0 saturated heterocycles. The van der Waals surface area contributed by atoms with Crippen molar-refractivity contribution in [2.75, 3.05) is 13.2 Å². The normalized spacial score (nSPS) is 10.0. The zero-order valence-corrected chi connectivity index (χ0v) is 10.8. The van der Waals surface area contributed by atoms with Crippen LogP contribution in [0.5, 0.6) is 0 Å². The highest BCUT2D eigenvalue weighted by Crippen LogP contribution is 2.12. The van der Waals surface area contributed by atoms with Crippen LogP contribution in [0.25, 0.3) is 5.65 Å². The molecule has 7 heteroatoms. The van der Waals surface area contributed by atoms with Gasteiger partial charge in [0.2, 0.25) is 0 Å². The third-order valence-electron chi connectivity index (χ3n) is 2.54. The number of nitrogens with zero attached hydrogens (tertiary/aromatic N) is 3. The first kappa shape index (κ1) is 13.5. The summed E-state index contributed by atoms with van der Waals surface area (Å²) in [6.07, 6.45) is 3.17. The summed E-state index contributed by atoms with van der Waals surface area (Å²) in [5.41, 5.74) is 0.761. The van der Waals surface area contributed by atoms with Crippen LogP contribution in [-0.4, -0.2) is 34.4 Å². The molecular formula is C13H12N4O3. The lowest BCUT2D eigenvalue weighted by atomic mass is 10.2. The van der Waals surface area contributed by atoms with E-state index in [9.17, 15) is 9.59 Å². The summed E-state index contributed by atoms with van der Waals surface area (Å²) in [5, 5.41) is 10.9. The number of nitrogens with one attached hydrogen (secondary N) is 1. The van der Waals surface area contributed by atoms with E-state index in [0.717, 1.165) is 0 Å². The molecule has 0 atom stereocenters.